The average Bonchev–Trinajstić information content (AvgIpc) is 3.37. The van der Waals surface area contributed by atoms with Crippen LogP contribution in [-0.2, 0) is 10.2 Å². The Morgan fingerprint density at radius 2 is 1.97 bits per heavy atom. The van der Waals surface area contributed by atoms with Crippen LogP contribution < -0.4 is 10.6 Å². The second kappa shape index (κ2) is 9.47. The van der Waals surface area contributed by atoms with Crippen molar-refractivity contribution in [3.63, 3.8) is 0 Å². The highest BCUT2D eigenvalue weighted by Gasteiger charge is 2.35. The minimum absolute atomic E-state index is 0.179. The van der Waals surface area contributed by atoms with E-state index >= 15 is 0 Å². The molecular formula is C22H35N5OS. The third-order valence-electron chi connectivity index (χ3n) is 6.63. The smallest absolute Gasteiger partial charge is 0.234 e. The Hall–Kier alpha value is -1.60. The van der Waals surface area contributed by atoms with Crippen LogP contribution in [0, 0.1) is 0 Å². The number of aliphatic imine (C=N–C) groups is 1. The largest absolute Gasteiger partial charge is 0.355 e. The van der Waals surface area contributed by atoms with Crippen LogP contribution in [-0.4, -0.2) is 74.0 Å². The van der Waals surface area contributed by atoms with Gasteiger partial charge >= 0.3 is 0 Å². The monoisotopic (exact) mass is 417 g/mol. The van der Waals surface area contributed by atoms with Gasteiger partial charge in [-0.05, 0) is 37.1 Å². The first kappa shape index (κ1) is 20.7. The molecule has 2 saturated carbocycles. The lowest BCUT2D eigenvalue weighted by Crippen LogP contribution is -2.55. The van der Waals surface area contributed by atoms with E-state index in [0.717, 1.165) is 51.5 Å². The van der Waals surface area contributed by atoms with E-state index in [1.165, 1.54) is 37.0 Å². The first-order valence-electron chi connectivity index (χ1n) is 11.2. The number of nitrogens with one attached hydrogen (secondary N) is 2. The molecule has 1 aliphatic heterocycles. The fourth-order valence-corrected chi connectivity index (χ4v) is 5.71. The normalized spacial score (nSPS) is 23.1. The van der Waals surface area contributed by atoms with E-state index < -0.39 is 0 Å². The third-order valence-corrected chi connectivity index (χ3v) is 7.75. The summed E-state index contributed by atoms with van der Waals surface area (Å²) in [5.74, 6) is 1.19. The molecule has 1 aromatic heterocycles. The summed E-state index contributed by atoms with van der Waals surface area (Å²) < 4.78 is 0. The van der Waals surface area contributed by atoms with Gasteiger partial charge in [-0.2, -0.15) is 0 Å². The van der Waals surface area contributed by atoms with Crippen LogP contribution in [0.1, 0.15) is 49.8 Å². The van der Waals surface area contributed by atoms with E-state index in [2.05, 4.69) is 42.9 Å². The van der Waals surface area contributed by atoms with Gasteiger partial charge in [0.05, 0.1) is 6.54 Å². The quantitative estimate of drug-likeness (QED) is 0.551. The maximum atomic E-state index is 12.1. The van der Waals surface area contributed by atoms with Crippen molar-refractivity contribution in [1.82, 2.24) is 20.4 Å². The number of carbonyl (C=O) groups excluding carboxylic acids is 1. The van der Waals surface area contributed by atoms with Crippen LogP contribution >= 0.6 is 11.3 Å². The number of amides is 1. The number of rotatable bonds is 6. The number of hydrogen-bond donors (Lipinski definition) is 2. The Bertz CT molecular complexity index is 686. The topological polar surface area (TPSA) is 60.0 Å². The molecule has 2 N–H and O–H groups in total. The van der Waals surface area contributed by atoms with Crippen LogP contribution in [0.2, 0.25) is 0 Å². The number of thiophene rings is 1. The van der Waals surface area contributed by atoms with Crippen molar-refractivity contribution < 1.29 is 4.79 Å². The molecule has 0 unspecified atom stereocenters. The summed E-state index contributed by atoms with van der Waals surface area (Å²) in [7, 11) is 1.89. The average molecular weight is 418 g/mol. The first-order chi connectivity index (χ1) is 14.2. The molecule has 4 rings (SSSR count). The van der Waals surface area contributed by atoms with Crippen molar-refractivity contribution in [3.8, 4) is 0 Å². The molecule has 6 nitrogen and oxygen atoms in total. The number of hydrogen-bond acceptors (Lipinski definition) is 4. The molecule has 160 valence electrons. The highest BCUT2D eigenvalue weighted by atomic mass is 32.1. The molecule has 29 heavy (non-hydrogen) atoms. The van der Waals surface area contributed by atoms with Crippen molar-refractivity contribution >= 4 is 23.2 Å². The molecule has 0 radical (unpaired) electrons. The van der Waals surface area contributed by atoms with E-state index in [1.807, 2.05) is 18.4 Å². The van der Waals surface area contributed by atoms with Crippen molar-refractivity contribution in [2.24, 2.45) is 4.99 Å². The minimum atomic E-state index is 0.179. The molecule has 0 aromatic carbocycles. The molecule has 3 fully saturated rings. The van der Waals surface area contributed by atoms with Crippen molar-refractivity contribution in [2.45, 2.75) is 56.4 Å². The first-order valence-corrected chi connectivity index (χ1v) is 12.1. The Balaban J connectivity index is 1.28. The van der Waals surface area contributed by atoms with Crippen molar-refractivity contribution in [2.75, 3.05) is 46.3 Å². The molecule has 0 spiro atoms. The number of nitrogens with zero attached hydrogens (tertiary/aromatic N) is 3. The summed E-state index contributed by atoms with van der Waals surface area (Å²) in [5.41, 5.74) is 0.255. The number of piperazine rings is 1. The number of guanidine groups is 1. The SMILES string of the molecule is CN=C(NCC1(c2cccs2)CCCCC1)N1CCN(CC(=O)NC2CC2)CC1. The van der Waals surface area contributed by atoms with Crippen molar-refractivity contribution in [3.05, 3.63) is 22.4 Å². The van der Waals surface area contributed by atoms with Gasteiger partial charge in [0.15, 0.2) is 5.96 Å². The molecule has 1 amide bonds. The summed E-state index contributed by atoms with van der Waals surface area (Å²) >= 11 is 1.90. The standard InChI is InChI=1S/C22H35N5OS/c1-23-21(24-17-22(9-3-2-4-10-22)19-6-5-15-29-19)27-13-11-26(12-14-27)16-20(28)25-18-7-8-18/h5-6,15,18H,2-4,7-14,16-17H2,1H3,(H,23,24)(H,25,28). The predicted octanol–water partition coefficient (Wildman–Crippen LogP) is 2.42. The van der Waals surface area contributed by atoms with Crippen LogP contribution in [0.3, 0.4) is 0 Å². The summed E-state index contributed by atoms with van der Waals surface area (Å²) in [6, 6.07) is 4.94. The minimum Gasteiger partial charge on any atom is -0.355 e. The van der Waals surface area contributed by atoms with Gasteiger partial charge in [0, 0.05) is 56.1 Å². The molecule has 2 aliphatic carbocycles. The highest BCUT2D eigenvalue weighted by molar-refractivity contribution is 7.10. The fraction of sp³-hybridized carbons (Fsp3) is 0.727. The summed E-state index contributed by atoms with van der Waals surface area (Å²) in [6.45, 7) is 5.15. The van der Waals surface area contributed by atoms with Gasteiger partial charge in [-0.25, -0.2) is 0 Å². The zero-order valence-electron chi connectivity index (χ0n) is 17.7. The zero-order chi connectivity index (χ0) is 20.1. The van der Waals surface area contributed by atoms with Gasteiger partial charge in [0.25, 0.3) is 0 Å². The fourth-order valence-electron chi connectivity index (χ4n) is 4.72. The van der Waals surface area contributed by atoms with Gasteiger partial charge in [-0.1, -0.05) is 25.3 Å². The van der Waals surface area contributed by atoms with Crippen LogP contribution in [0.5, 0.6) is 0 Å². The van der Waals surface area contributed by atoms with E-state index in [1.54, 1.807) is 0 Å². The lowest BCUT2D eigenvalue weighted by molar-refractivity contribution is -0.122. The third kappa shape index (κ3) is 5.31. The molecule has 2 heterocycles. The van der Waals surface area contributed by atoms with Crippen LogP contribution in [0.4, 0.5) is 0 Å². The van der Waals surface area contributed by atoms with Gasteiger partial charge in [-0.15, -0.1) is 11.3 Å². The molecule has 7 heteroatoms. The lowest BCUT2D eigenvalue weighted by atomic mass is 9.73. The lowest BCUT2D eigenvalue weighted by Gasteiger charge is -2.40. The molecular weight excluding hydrogens is 382 g/mol. The van der Waals surface area contributed by atoms with Gasteiger partial charge in [0.1, 0.15) is 0 Å². The molecule has 1 saturated heterocycles. The Morgan fingerprint density at radius 1 is 1.21 bits per heavy atom. The Kier molecular flexibility index (Phi) is 6.75. The van der Waals surface area contributed by atoms with Crippen molar-refractivity contribution in [1.29, 1.82) is 0 Å². The molecule has 1 aromatic rings. The molecule has 0 atom stereocenters. The second-order valence-corrected chi connectivity index (χ2v) is 9.77. The Morgan fingerprint density at radius 3 is 2.59 bits per heavy atom. The maximum absolute atomic E-state index is 12.1. The summed E-state index contributed by atoms with van der Waals surface area (Å²) in [4.78, 5) is 22.8. The predicted molar refractivity (Wildman–Crippen MR) is 120 cm³/mol. The van der Waals surface area contributed by atoms with E-state index in [4.69, 9.17) is 0 Å². The Labute approximate surface area is 178 Å². The van der Waals surface area contributed by atoms with Gasteiger partial charge in [0.2, 0.25) is 5.91 Å². The number of carbonyl (C=O) groups is 1. The van der Waals surface area contributed by atoms with E-state index in [-0.39, 0.29) is 11.3 Å². The van der Waals surface area contributed by atoms with E-state index in [9.17, 15) is 4.79 Å². The van der Waals surface area contributed by atoms with E-state index in [0.29, 0.717) is 12.6 Å². The van der Waals surface area contributed by atoms with Crippen LogP contribution in [0.15, 0.2) is 22.5 Å². The summed E-state index contributed by atoms with van der Waals surface area (Å²) in [6.07, 6.45) is 8.82. The maximum Gasteiger partial charge on any atom is 0.234 e. The van der Waals surface area contributed by atoms with Gasteiger partial charge in [-0.3, -0.25) is 14.7 Å². The molecule has 0 bridgehead atoms. The second-order valence-electron chi connectivity index (χ2n) is 8.82. The van der Waals surface area contributed by atoms with Crippen LogP contribution in [0.25, 0.3) is 0 Å². The molecule has 3 aliphatic rings. The van der Waals surface area contributed by atoms with Gasteiger partial charge < -0.3 is 15.5 Å². The zero-order valence-corrected chi connectivity index (χ0v) is 18.5. The summed E-state index contributed by atoms with van der Waals surface area (Å²) in [5, 5.41) is 9.01. The highest BCUT2D eigenvalue weighted by Crippen LogP contribution is 2.41.